The number of hydrogen-bond donors (Lipinski definition) is 2. The van der Waals surface area contributed by atoms with Crippen LogP contribution in [-0.2, 0) is 0 Å². The molecule has 0 spiro atoms. The first-order chi connectivity index (χ1) is 9.47. The SMILES string of the molecule is NC(=S)c1cc(NC(=O)c2ccc(Br)cc2)ccc1F. The predicted octanol–water partition coefficient (Wildman–Crippen LogP) is 3.47. The molecule has 0 saturated carbocycles. The number of benzene rings is 2. The van der Waals surface area contributed by atoms with Crippen LogP contribution in [-0.4, -0.2) is 10.9 Å². The van der Waals surface area contributed by atoms with E-state index in [0.29, 0.717) is 11.3 Å². The van der Waals surface area contributed by atoms with Crippen LogP contribution in [0.3, 0.4) is 0 Å². The molecule has 102 valence electrons. The number of amides is 1. The van der Waals surface area contributed by atoms with Crippen molar-refractivity contribution < 1.29 is 9.18 Å². The third-order valence-electron chi connectivity index (χ3n) is 2.60. The Morgan fingerprint density at radius 3 is 2.45 bits per heavy atom. The molecule has 0 heterocycles. The van der Waals surface area contributed by atoms with E-state index in [1.807, 2.05) is 0 Å². The standard InChI is InChI=1S/C14H10BrFN2OS/c15-9-3-1-8(2-4-9)14(19)18-10-5-6-12(16)11(7-10)13(17)20/h1-7H,(H2,17,20)(H,18,19). The van der Waals surface area contributed by atoms with Gasteiger partial charge in [-0.15, -0.1) is 0 Å². The summed E-state index contributed by atoms with van der Waals surface area (Å²) in [5.41, 5.74) is 6.45. The van der Waals surface area contributed by atoms with E-state index in [-0.39, 0.29) is 16.5 Å². The van der Waals surface area contributed by atoms with Gasteiger partial charge in [0.1, 0.15) is 10.8 Å². The summed E-state index contributed by atoms with van der Waals surface area (Å²) in [6, 6.07) is 11.0. The summed E-state index contributed by atoms with van der Waals surface area (Å²) in [7, 11) is 0. The summed E-state index contributed by atoms with van der Waals surface area (Å²) in [4.78, 5) is 12.0. The van der Waals surface area contributed by atoms with Gasteiger partial charge in [0, 0.05) is 21.3 Å². The van der Waals surface area contributed by atoms with Gasteiger partial charge in [-0.2, -0.15) is 0 Å². The van der Waals surface area contributed by atoms with Gasteiger partial charge in [0.25, 0.3) is 5.91 Å². The van der Waals surface area contributed by atoms with Gasteiger partial charge >= 0.3 is 0 Å². The molecule has 0 bridgehead atoms. The van der Waals surface area contributed by atoms with Crippen molar-refractivity contribution in [3.8, 4) is 0 Å². The summed E-state index contributed by atoms with van der Waals surface area (Å²) in [6.07, 6.45) is 0. The molecule has 0 aliphatic heterocycles. The second-order valence-corrected chi connectivity index (χ2v) is 5.38. The predicted molar refractivity (Wildman–Crippen MR) is 84.4 cm³/mol. The highest BCUT2D eigenvalue weighted by molar-refractivity contribution is 9.10. The molecule has 2 aromatic carbocycles. The number of rotatable bonds is 3. The van der Waals surface area contributed by atoms with Gasteiger partial charge in [-0.25, -0.2) is 4.39 Å². The van der Waals surface area contributed by atoms with Gasteiger partial charge < -0.3 is 11.1 Å². The van der Waals surface area contributed by atoms with Crippen LogP contribution in [0.5, 0.6) is 0 Å². The Hall–Kier alpha value is -1.79. The highest BCUT2D eigenvalue weighted by Gasteiger charge is 2.09. The maximum Gasteiger partial charge on any atom is 0.255 e. The first-order valence-electron chi connectivity index (χ1n) is 5.63. The van der Waals surface area contributed by atoms with Gasteiger partial charge in [-0.1, -0.05) is 28.1 Å². The van der Waals surface area contributed by atoms with Crippen molar-refractivity contribution >= 4 is 44.7 Å². The van der Waals surface area contributed by atoms with Crippen molar-refractivity contribution in [1.82, 2.24) is 0 Å². The number of anilines is 1. The van der Waals surface area contributed by atoms with E-state index in [0.717, 1.165) is 4.47 Å². The fourth-order valence-electron chi connectivity index (χ4n) is 1.60. The monoisotopic (exact) mass is 352 g/mol. The number of nitrogens with one attached hydrogen (secondary N) is 1. The molecular formula is C14H10BrFN2OS. The van der Waals surface area contributed by atoms with Gasteiger partial charge in [0.15, 0.2) is 0 Å². The van der Waals surface area contributed by atoms with Crippen LogP contribution in [0.1, 0.15) is 15.9 Å². The van der Waals surface area contributed by atoms with Crippen LogP contribution in [0.4, 0.5) is 10.1 Å². The van der Waals surface area contributed by atoms with Crippen molar-refractivity contribution in [3.63, 3.8) is 0 Å². The topological polar surface area (TPSA) is 55.1 Å². The smallest absolute Gasteiger partial charge is 0.255 e. The number of carbonyl (C=O) groups excluding carboxylic acids is 1. The zero-order chi connectivity index (χ0) is 14.7. The Balaban J connectivity index is 2.21. The fourth-order valence-corrected chi connectivity index (χ4v) is 2.02. The Bertz CT molecular complexity index is 673. The molecule has 0 aliphatic rings. The molecule has 1 amide bonds. The van der Waals surface area contributed by atoms with Crippen molar-refractivity contribution in [3.05, 3.63) is 63.9 Å². The summed E-state index contributed by atoms with van der Waals surface area (Å²) < 4.78 is 14.3. The Morgan fingerprint density at radius 1 is 1.20 bits per heavy atom. The van der Waals surface area contributed by atoms with E-state index in [1.165, 1.54) is 18.2 Å². The van der Waals surface area contributed by atoms with Gasteiger partial charge in [0.2, 0.25) is 0 Å². The summed E-state index contributed by atoms with van der Waals surface area (Å²) >= 11 is 8.04. The molecule has 0 unspecified atom stereocenters. The Labute approximate surface area is 129 Å². The molecule has 20 heavy (non-hydrogen) atoms. The molecule has 0 aromatic heterocycles. The average molecular weight is 353 g/mol. The molecule has 3 nitrogen and oxygen atoms in total. The molecule has 0 radical (unpaired) electrons. The molecule has 0 atom stereocenters. The van der Waals surface area contributed by atoms with Crippen LogP contribution in [0.2, 0.25) is 0 Å². The Morgan fingerprint density at radius 2 is 1.85 bits per heavy atom. The number of hydrogen-bond acceptors (Lipinski definition) is 2. The minimum Gasteiger partial charge on any atom is -0.389 e. The van der Waals surface area contributed by atoms with Gasteiger partial charge in [0.05, 0.1) is 0 Å². The molecule has 0 saturated heterocycles. The van der Waals surface area contributed by atoms with E-state index in [4.69, 9.17) is 18.0 Å². The zero-order valence-corrected chi connectivity index (χ0v) is 12.6. The lowest BCUT2D eigenvalue weighted by molar-refractivity contribution is 0.102. The van der Waals surface area contributed by atoms with Crippen LogP contribution < -0.4 is 11.1 Å². The molecule has 0 fully saturated rings. The van der Waals surface area contributed by atoms with Crippen molar-refractivity contribution in [2.75, 3.05) is 5.32 Å². The van der Waals surface area contributed by atoms with E-state index in [1.54, 1.807) is 24.3 Å². The lowest BCUT2D eigenvalue weighted by Gasteiger charge is -2.08. The third kappa shape index (κ3) is 3.40. The molecule has 2 aromatic rings. The first kappa shape index (κ1) is 14.6. The lowest BCUT2D eigenvalue weighted by Crippen LogP contribution is -2.15. The second kappa shape index (κ2) is 6.11. The Kier molecular flexibility index (Phi) is 4.46. The number of thiocarbonyl (C=S) groups is 1. The normalized spacial score (nSPS) is 10.1. The van der Waals surface area contributed by atoms with Crippen LogP contribution in [0.25, 0.3) is 0 Å². The minimum absolute atomic E-state index is 0.0535. The number of nitrogens with two attached hydrogens (primary N) is 1. The molecular weight excluding hydrogens is 343 g/mol. The molecule has 2 rings (SSSR count). The summed E-state index contributed by atoms with van der Waals surface area (Å²) in [6.45, 7) is 0. The first-order valence-corrected chi connectivity index (χ1v) is 6.84. The molecule has 3 N–H and O–H groups in total. The quantitative estimate of drug-likeness (QED) is 0.831. The maximum absolute atomic E-state index is 13.4. The number of carbonyl (C=O) groups is 1. The summed E-state index contributed by atoms with van der Waals surface area (Å²) in [5.74, 6) is -0.808. The average Bonchev–Trinajstić information content (AvgIpc) is 2.41. The van der Waals surface area contributed by atoms with Crippen molar-refractivity contribution in [1.29, 1.82) is 0 Å². The van der Waals surface area contributed by atoms with Crippen molar-refractivity contribution in [2.45, 2.75) is 0 Å². The van der Waals surface area contributed by atoms with Crippen molar-refractivity contribution in [2.24, 2.45) is 5.73 Å². The second-order valence-electron chi connectivity index (χ2n) is 4.02. The fraction of sp³-hybridized carbons (Fsp3) is 0. The highest BCUT2D eigenvalue weighted by atomic mass is 79.9. The minimum atomic E-state index is -0.515. The zero-order valence-electron chi connectivity index (χ0n) is 10.2. The van der Waals surface area contributed by atoms with E-state index in [2.05, 4.69) is 21.2 Å². The van der Waals surface area contributed by atoms with E-state index in [9.17, 15) is 9.18 Å². The van der Waals surface area contributed by atoms with E-state index >= 15 is 0 Å². The van der Waals surface area contributed by atoms with Crippen LogP contribution >= 0.6 is 28.1 Å². The molecule has 0 aliphatic carbocycles. The van der Waals surface area contributed by atoms with Gasteiger partial charge in [-0.3, -0.25) is 4.79 Å². The third-order valence-corrected chi connectivity index (χ3v) is 3.34. The van der Waals surface area contributed by atoms with Crippen LogP contribution in [0.15, 0.2) is 46.9 Å². The van der Waals surface area contributed by atoms with Gasteiger partial charge in [-0.05, 0) is 42.5 Å². The van der Waals surface area contributed by atoms with Crippen LogP contribution in [0, 0.1) is 5.82 Å². The highest BCUT2D eigenvalue weighted by Crippen LogP contribution is 2.17. The van der Waals surface area contributed by atoms with E-state index < -0.39 is 5.82 Å². The number of halogens is 2. The maximum atomic E-state index is 13.4. The summed E-state index contributed by atoms with van der Waals surface area (Å²) in [5, 5.41) is 2.66. The largest absolute Gasteiger partial charge is 0.389 e. The lowest BCUT2D eigenvalue weighted by atomic mass is 10.1. The molecule has 6 heteroatoms.